The second-order valence-corrected chi connectivity index (χ2v) is 3.14. The molecule has 0 spiro atoms. The van der Waals surface area contributed by atoms with Crippen LogP contribution in [0.3, 0.4) is 0 Å². The first-order valence-electron chi connectivity index (χ1n) is 4.41. The van der Waals surface area contributed by atoms with E-state index in [1.807, 2.05) is 0 Å². The van der Waals surface area contributed by atoms with E-state index in [1.54, 1.807) is 12.1 Å². The van der Waals surface area contributed by atoms with Crippen LogP contribution in [0.25, 0.3) is 0 Å². The highest BCUT2D eigenvalue weighted by atomic mass is 16.3. The van der Waals surface area contributed by atoms with Gasteiger partial charge in [-0.25, -0.2) is 0 Å². The Hall–Kier alpha value is -1.29. The standard InChI is InChI=1S/C9H12N2O2/c12-9(8-2-1-5-13-8)11-7-3-4-10-6-7/h1-2,5,7,10H,3-4,6H2,(H,11,12)/t7-/m0/s1. The zero-order valence-corrected chi connectivity index (χ0v) is 7.25. The molecule has 1 amide bonds. The van der Waals surface area contributed by atoms with E-state index in [4.69, 9.17) is 4.42 Å². The van der Waals surface area contributed by atoms with Gasteiger partial charge in [-0.15, -0.1) is 0 Å². The molecule has 0 aromatic carbocycles. The number of carbonyl (C=O) groups is 1. The van der Waals surface area contributed by atoms with Crippen molar-refractivity contribution in [2.75, 3.05) is 13.1 Å². The Bertz CT molecular complexity index is 276. The molecule has 1 aromatic heterocycles. The van der Waals surface area contributed by atoms with Gasteiger partial charge in [0.25, 0.3) is 5.91 Å². The van der Waals surface area contributed by atoms with E-state index < -0.39 is 0 Å². The largest absolute Gasteiger partial charge is 0.459 e. The first kappa shape index (κ1) is 8.31. The predicted molar refractivity (Wildman–Crippen MR) is 47.4 cm³/mol. The summed E-state index contributed by atoms with van der Waals surface area (Å²) in [4.78, 5) is 11.4. The van der Waals surface area contributed by atoms with Crippen LogP contribution in [-0.4, -0.2) is 25.0 Å². The first-order valence-corrected chi connectivity index (χ1v) is 4.41. The molecule has 1 fully saturated rings. The summed E-state index contributed by atoms with van der Waals surface area (Å²) >= 11 is 0. The number of hydrogen-bond acceptors (Lipinski definition) is 3. The fraction of sp³-hybridized carbons (Fsp3) is 0.444. The smallest absolute Gasteiger partial charge is 0.287 e. The Morgan fingerprint density at radius 2 is 2.62 bits per heavy atom. The minimum Gasteiger partial charge on any atom is -0.459 e. The Balaban J connectivity index is 1.91. The van der Waals surface area contributed by atoms with E-state index in [1.165, 1.54) is 6.26 Å². The lowest BCUT2D eigenvalue weighted by Gasteiger charge is -2.08. The molecule has 13 heavy (non-hydrogen) atoms. The molecule has 0 unspecified atom stereocenters. The molecule has 1 atom stereocenters. The van der Waals surface area contributed by atoms with Crippen molar-refractivity contribution in [3.63, 3.8) is 0 Å². The third-order valence-electron chi connectivity index (χ3n) is 2.14. The molecule has 1 saturated heterocycles. The van der Waals surface area contributed by atoms with Crippen LogP contribution in [0.2, 0.25) is 0 Å². The molecule has 1 aliphatic rings. The van der Waals surface area contributed by atoms with Crippen LogP contribution in [0.1, 0.15) is 17.0 Å². The molecule has 2 rings (SSSR count). The van der Waals surface area contributed by atoms with Crippen molar-refractivity contribution in [2.24, 2.45) is 0 Å². The molecule has 2 heterocycles. The maximum absolute atomic E-state index is 11.4. The minimum absolute atomic E-state index is 0.126. The first-order chi connectivity index (χ1) is 6.36. The van der Waals surface area contributed by atoms with Crippen LogP contribution < -0.4 is 10.6 Å². The van der Waals surface area contributed by atoms with E-state index in [2.05, 4.69) is 10.6 Å². The monoisotopic (exact) mass is 180 g/mol. The summed E-state index contributed by atoms with van der Waals surface area (Å²) in [5, 5.41) is 6.06. The fourth-order valence-corrected chi connectivity index (χ4v) is 1.44. The summed E-state index contributed by atoms with van der Waals surface area (Å²) in [5.74, 6) is 0.255. The minimum atomic E-state index is -0.126. The molecule has 0 aliphatic carbocycles. The van der Waals surface area contributed by atoms with Crippen LogP contribution in [0.15, 0.2) is 22.8 Å². The van der Waals surface area contributed by atoms with Crippen LogP contribution in [0.4, 0.5) is 0 Å². The summed E-state index contributed by atoms with van der Waals surface area (Å²) in [7, 11) is 0. The normalized spacial score (nSPS) is 21.7. The summed E-state index contributed by atoms with van der Waals surface area (Å²) in [6, 6.07) is 3.62. The molecule has 70 valence electrons. The van der Waals surface area contributed by atoms with Gasteiger partial charge in [0.05, 0.1) is 6.26 Å². The highest BCUT2D eigenvalue weighted by Crippen LogP contribution is 2.02. The predicted octanol–water partition coefficient (Wildman–Crippen LogP) is 0.371. The van der Waals surface area contributed by atoms with Crippen molar-refractivity contribution >= 4 is 5.91 Å². The van der Waals surface area contributed by atoms with Crippen molar-refractivity contribution < 1.29 is 9.21 Å². The van der Waals surface area contributed by atoms with Gasteiger partial charge in [0.15, 0.2) is 5.76 Å². The third-order valence-corrected chi connectivity index (χ3v) is 2.14. The van der Waals surface area contributed by atoms with Crippen molar-refractivity contribution in [3.05, 3.63) is 24.2 Å². The highest BCUT2D eigenvalue weighted by molar-refractivity contribution is 5.91. The van der Waals surface area contributed by atoms with E-state index in [0.717, 1.165) is 19.5 Å². The van der Waals surface area contributed by atoms with E-state index >= 15 is 0 Å². The molecule has 0 saturated carbocycles. The molecular formula is C9H12N2O2. The van der Waals surface area contributed by atoms with Gasteiger partial charge in [0.2, 0.25) is 0 Å². The Labute approximate surface area is 76.3 Å². The van der Waals surface area contributed by atoms with Crippen LogP contribution in [-0.2, 0) is 0 Å². The number of furan rings is 1. The quantitative estimate of drug-likeness (QED) is 0.691. The Morgan fingerprint density at radius 1 is 1.69 bits per heavy atom. The lowest BCUT2D eigenvalue weighted by Crippen LogP contribution is -2.35. The van der Waals surface area contributed by atoms with Crippen LogP contribution >= 0.6 is 0 Å². The van der Waals surface area contributed by atoms with Gasteiger partial charge in [-0.2, -0.15) is 0 Å². The average molecular weight is 180 g/mol. The van der Waals surface area contributed by atoms with Gasteiger partial charge in [-0.1, -0.05) is 0 Å². The van der Waals surface area contributed by atoms with Crippen molar-refractivity contribution in [1.29, 1.82) is 0 Å². The van der Waals surface area contributed by atoms with E-state index in [0.29, 0.717) is 5.76 Å². The van der Waals surface area contributed by atoms with Crippen molar-refractivity contribution in [3.8, 4) is 0 Å². The Kier molecular flexibility index (Phi) is 2.31. The molecule has 4 nitrogen and oxygen atoms in total. The van der Waals surface area contributed by atoms with Gasteiger partial charge in [0.1, 0.15) is 0 Å². The molecule has 1 aromatic rings. The second kappa shape index (κ2) is 3.62. The Morgan fingerprint density at radius 3 is 3.23 bits per heavy atom. The van der Waals surface area contributed by atoms with Gasteiger partial charge in [-0.3, -0.25) is 4.79 Å². The van der Waals surface area contributed by atoms with Gasteiger partial charge < -0.3 is 15.1 Å². The highest BCUT2D eigenvalue weighted by Gasteiger charge is 2.18. The number of amides is 1. The third kappa shape index (κ3) is 1.89. The van der Waals surface area contributed by atoms with Gasteiger partial charge in [0, 0.05) is 12.6 Å². The van der Waals surface area contributed by atoms with Gasteiger partial charge in [-0.05, 0) is 25.1 Å². The second-order valence-electron chi connectivity index (χ2n) is 3.14. The fourth-order valence-electron chi connectivity index (χ4n) is 1.44. The van der Waals surface area contributed by atoms with Gasteiger partial charge >= 0.3 is 0 Å². The topological polar surface area (TPSA) is 54.3 Å². The van der Waals surface area contributed by atoms with Crippen molar-refractivity contribution in [2.45, 2.75) is 12.5 Å². The molecule has 2 N–H and O–H groups in total. The SMILES string of the molecule is O=C(N[C@H]1CCNC1)c1ccco1. The number of hydrogen-bond donors (Lipinski definition) is 2. The summed E-state index contributed by atoms with van der Waals surface area (Å²) in [6.07, 6.45) is 2.49. The maximum atomic E-state index is 11.4. The zero-order valence-electron chi connectivity index (χ0n) is 7.25. The molecule has 0 bridgehead atoms. The average Bonchev–Trinajstić information content (AvgIpc) is 2.74. The number of nitrogens with one attached hydrogen (secondary N) is 2. The van der Waals surface area contributed by atoms with Crippen LogP contribution in [0, 0.1) is 0 Å². The lowest BCUT2D eigenvalue weighted by molar-refractivity contribution is 0.0912. The lowest BCUT2D eigenvalue weighted by atomic mass is 10.2. The van der Waals surface area contributed by atoms with E-state index in [-0.39, 0.29) is 11.9 Å². The number of rotatable bonds is 2. The molecule has 4 heteroatoms. The van der Waals surface area contributed by atoms with E-state index in [9.17, 15) is 4.79 Å². The number of carbonyl (C=O) groups excluding carboxylic acids is 1. The summed E-state index contributed by atoms with van der Waals surface area (Å²) in [5.41, 5.74) is 0. The molecule has 1 aliphatic heterocycles. The molecular weight excluding hydrogens is 168 g/mol. The van der Waals surface area contributed by atoms with Crippen LogP contribution in [0.5, 0.6) is 0 Å². The van der Waals surface area contributed by atoms with Crippen molar-refractivity contribution in [1.82, 2.24) is 10.6 Å². The summed E-state index contributed by atoms with van der Waals surface area (Å²) in [6.45, 7) is 1.83. The maximum Gasteiger partial charge on any atom is 0.287 e. The summed E-state index contributed by atoms with van der Waals surface area (Å²) < 4.78 is 4.97. The molecule has 0 radical (unpaired) electrons. The zero-order chi connectivity index (χ0) is 9.10.